The highest BCUT2D eigenvalue weighted by molar-refractivity contribution is 6.32. The lowest BCUT2D eigenvalue weighted by Crippen LogP contribution is -2.30. The third-order valence-electron chi connectivity index (χ3n) is 3.96. The highest BCUT2D eigenvalue weighted by atomic mass is 35.5. The van der Waals surface area contributed by atoms with E-state index in [-0.39, 0.29) is 24.2 Å². The van der Waals surface area contributed by atoms with Crippen LogP contribution >= 0.6 is 11.6 Å². The molecule has 9 heteroatoms. The molecule has 0 bridgehead atoms. The van der Waals surface area contributed by atoms with Gasteiger partial charge in [0.1, 0.15) is 0 Å². The second kappa shape index (κ2) is 6.88. The zero-order valence-electron chi connectivity index (χ0n) is 14.1. The van der Waals surface area contributed by atoms with Crippen LogP contribution in [0.3, 0.4) is 0 Å². The number of hydrogen-bond donors (Lipinski definition) is 1. The molecule has 0 aromatic heterocycles. The van der Waals surface area contributed by atoms with Crippen molar-refractivity contribution >= 4 is 29.2 Å². The fourth-order valence-electron chi connectivity index (χ4n) is 2.59. The van der Waals surface area contributed by atoms with Crippen LogP contribution in [0.1, 0.15) is 17.3 Å². The van der Waals surface area contributed by atoms with E-state index in [4.69, 9.17) is 35.3 Å². The van der Waals surface area contributed by atoms with Crippen LogP contribution in [0, 0.1) is 0 Å². The lowest BCUT2D eigenvalue weighted by atomic mass is 10.2. The van der Waals surface area contributed by atoms with Gasteiger partial charge in [0.15, 0.2) is 29.1 Å². The van der Waals surface area contributed by atoms with Gasteiger partial charge in [-0.05, 0) is 31.2 Å². The lowest BCUT2D eigenvalue weighted by Gasteiger charge is -2.14. The van der Waals surface area contributed by atoms with Crippen LogP contribution in [0.25, 0.3) is 0 Å². The highest BCUT2D eigenvalue weighted by Crippen LogP contribution is 2.40. The van der Waals surface area contributed by atoms with Gasteiger partial charge in [-0.15, -0.1) is 0 Å². The topological polar surface area (TPSA) is 92.3 Å². The molecule has 0 unspecified atom stereocenters. The number of esters is 1. The molecule has 4 rings (SSSR count). The first kappa shape index (κ1) is 17.3. The molecule has 2 aromatic rings. The molecule has 1 amide bonds. The van der Waals surface area contributed by atoms with E-state index in [1.165, 1.54) is 19.1 Å². The summed E-state index contributed by atoms with van der Waals surface area (Å²) in [4.78, 5) is 24.6. The van der Waals surface area contributed by atoms with Crippen molar-refractivity contribution in [2.24, 2.45) is 0 Å². The average Bonchev–Trinajstić information content (AvgIpc) is 3.30. The summed E-state index contributed by atoms with van der Waals surface area (Å²) in [7, 11) is 0. The minimum atomic E-state index is -1.04. The van der Waals surface area contributed by atoms with Gasteiger partial charge in [0.05, 0.1) is 10.6 Å². The second-order valence-electron chi connectivity index (χ2n) is 5.80. The summed E-state index contributed by atoms with van der Waals surface area (Å²) >= 11 is 6.06. The summed E-state index contributed by atoms with van der Waals surface area (Å²) in [6.45, 7) is 1.63. The lowest BCUT2D eigenvalue weighted by molar-refractivity contribution is -0.123. The Hall–Kier alpha value is -3.13. The van der Waals surface area contributed by atoms with Crippen molar-refractivity contribution in [1.29, 1.82) is 0 Å². The summed E-state index contributed by atoms with van der Waals surface area (Å²) in [5, 5.41) is 2.89. The zero-order chi connectivity index (χ0) is 19.0. The van der Waals surface area contributed by atoms with Crippen LogP contribution in [0.15, 0.2) is 30.3 Å². The average molecular weight is 392 g/mol. The molecule has 0 spiro atoms. The summed E-state index contributed by atoms with van der Waals surface area (Å²) in [6, 6.07) is 7.84. The second-order valence-corrected chi connectivity index (χ2v) is 6.20. The number of nitrogens with one attached hydrogen (secondary N) is 1. The molecule has 8 nitrogen and oxygen atoms in total. The third-order valence-corrected chi connectivity index (χ3v) is 4.24. The van der Waals surface area contributed by atoms with Crippen molar-refractivity contribution in [2.75, 3.05) is 18.9 Å². The van der Waals surface area contributed by atoms with E-state index < -0.39 is 18.0 Å². The van der Waals surface area contributed by atoms with Gasteiger partial charge in [-0.2, -0.15) is 0 Å². The molecule has 140 valence electrons. The van der Waals surface area contributed by atoms with Crippen molar-refractivity contribution < 1.29 is 33.3 Å². The Balaban J connectivity index is 1.41. The van der Waals surface area contributed by atoms with Gasteiger partial charge in [0.2, 0.25) is 13.6 Å². The van der Waals surface area contributed by atoms with Gasteiger partial charge < -0.3 is 29.0 Å². The number of anilines is 1. The van der Waals surface area contributed by atoms with E-state index >= 15 is 0 Å². The molecule has 27 heavy (non-hydrogen) atoms. The van der Waals surface area contributed by atoms with E-state index in [0.717, 1.165) is 0 Å². The first-order valence-electron chi connectivity index (χ1n) is 8.02. The Morgan fingerprint density at radius 2 is 1.78 bits per heavy atom. The van der Waals surface area contributed by atoms with Crippen LogP contribution in [0.4, 0.5) is 5.69 Å². The van der Waals surface area contributed by atoms with Crippen molar-refractivity contribution in [3.05, 3.63) is 40.9 Å². The third kappa shape index (κ3) is 3.43. The van der Waals surface area contributed by atoms with Crippen LogP contribution in [-0.2, 0) is 9.53 Å². The molecule has 0 saturated heterocycles. The van der Waals surface area contributed by atoms with Gasteiger partial charge in [-0.1, -0.05) is 11.6 Å². The minimum absolute atomic E-state index is 0.0297. The van der Waals surface area contributed by atoms with Crippen molar-refractivity contribution in [2.45, 2.75) is 13.0 Å². The molecule has 2 heterocycles. The molecular formula is C18H14ClNO7. The number of hydrogen-bond acceptors (Lipinski definition) is 7. The standard InChI is InChI=1S/C18H14ClNO7/c1-9(17(21)20-11-2-3-13-14(6-11)24-7-23-13)27-18(22)10-4-12(19)16-15(5-10)25-8-26-16/h2-6,9H,7-8H2,1H3,(H,20,21)/t9-/m1/s1. The molecule has 0 fully saturated rings. The van der Waals surface area contributed by atoms with Gasteiger partial charge in [-0.3, -0.25) is 4.79 Å². The Morgan fingerprint density at radius 3 is 2.63 bits per heavy atom. The van der Waals surface area contributed by atoms with E-state index in [2.05, 4.69) is 5.32 Å². The molecule has 1 N–H and O–H groups in total. The van der Waals surface area contributed by atoms with Gasteiger partial charge in [0, 0.05) is 11.8 Å². The smallest absolute Gasteiger partial charge is 0.339 e. The molecular weight excluding hydrogens is 378 g/mol. The van der Waals surface area contributed by atoms with Crippen LogP contribution in [0.5, 0.6) is 23.0 Å². The molecule has 0 radical (unpaired) electrons. The highest BCUT2D eigenvalue weighted by Gasteiger charge is 2.24. The number of halogens is 1. The number of amides is 1. The first-order valence-corrected chi connectivity index (χ1v) is 8.39. The molecule has 0 aliphatic carbocycles. The summed E-state index contributed by atoms with van der Waals surface area (Å²) < 4.78 is 26.1. The van der Waals surface area contributed by atoms with Crippen LogP contribution in [-0.4, -0.2) is 31.6 Å². The minimum Gasteiger partial charge on any atom is -0.454 e. The van der Waals surface area contributed by atoms with Gasteiger partial charge in [0.25, 0.3) is 5.91 Å². The molecule has 2 aliphatic heterocycles. The maximum atomic E-state index is 12.3. The van der Waals surface area contributed by atoms with E-state index in [1.54, 1.807) is 18.2 Å². The Kier molecular flexibility index (Phi) is 4.41. The molecule has 2 aliphatic rings. The molecule has 2 aromatic carbocycles. The Labute approximate surface area is 158 Å². The number of benzene rings is 2. The maximum Gasteiger partial charge on any atom is 0.339 e. The predicted molar refractivity (Wildman–Crippen MR) is 93.6 cm³/mol. The first-order chi connectivity index (χ1) is 13.0. The summed E-state index contributed by atoms with van der Waals surface area (Å²) in [6.07, 6.45) is -1.04. The number of carbonyl (C=O) groups excluding carboxylic acids is 2. The normalized spacial score (nSPS) is 14.6. The maximum absolute atomic E-state index is 12.3. The molecule has 0 saturated carbocycles. The largest absolute Gasteiger partial charge is 0.454 e. The van der Waals surface area contributed by atoms with Gasteiger partial charge in [-0.25, -0.2) is 4.79 Å². The fourth-order valence-corrected chi connectivity index (χ4v) is 2.85. The fraction of sp³-hybridized carbons (Fsp3) is 0.222. The summed E-state index contributed by atoms with van der Waals surface area (Å²) in [5.74, 6) is 0.672. The van der Waals surface area contributed by atoms with Crippen molar-refractivity contribution in [3.8, 4) is 23.0 Å². The number of rotatable bonds is 4. The number of ether oxygens (including phenoxy) is 5. The zero-order valence-corrected chi connectivity index (χ0v) is 14.9. The van der Waals surface area contributed by atoms with Crippen LogP contribution < -0.4 is 24.3 Å². The van der Waals surface area contributed by atoms with E-state index in [0.29, 0.717) is 28.7 Å². The molecule has 1 atom stereocenters. The van der Waals surface area contributed by atoms with Crippen LogP contribution in [0.2, 0.25) is 5.02 Å². The Morgan fingerprint density at radius 1 is 1.04 bits per heavy atom. The quantitative estimate of drug-likeness (QED) is 0.801. The van der Waals surface area contributed by atoms with Crippen molar-refractivity contribution in [3.63, 3.8) is 0 Å². The van der Waals surface area contributed by atoms with Gasteiger partial charge >= 0.3 is 5.97 Å². The van der Waals surface area contributed by atoms with E-state index in [1.807, 2.05) is 0 Å². The Bertz CT molecular complexity index is 930. The number of carbonyl (C=O) groups is 2. The van der Waals surface area contributed by atoms with Crippen molar-refractivity contribution in [1.82, 2.24) is 0 Å². The monoisotopic (exact) mass is 391 g/mol. The number of fused-ring (bicyclic) bond motifs is 2. The summed E-state index contributed by atoms with van der Waals surface area (Å²) in [5.41, 5.74) is 0.658. The predicted octanol–water partition coefficient (Wildman–Crippen LogP) is 2.98. The SMILES string of the molecule is C[C@@H](OC(=O)c1cc(Cl)c2c(c1)OCO2)C(=O)Nc1ccc2c(c1)OCO2. The van der Waals surface area contributed by atoms with E-state index in [9.17, 15) is 9.59 Å².